The van der Waals surface area contributed by atoms with Crippen molar-refractivity contribution in [2.24, 2.45) is 0 Å². The fraction of sp³-hybridized carbons (Fsp3) is 0.833. The highest BCUT2D eigenvalue weighted by atomic mass is 16.5. The molecule has 2 heterocycles. The number of morpholine rings is 1. The van der Waals surface area contributed by atoms with Gasteiger partial charge < -0.3 is 14.4 Å². The predicted molar refractivity (Wildman–Crippen MR) is 65.0 cm³/mol. The molecule has 102 valence electrons. The van der Waals surface area contributed by atoms with Crippen molar-refractivity contribution in [2.45, 2.75) is 45.4 Å². The zero-order chi connectivity index (χ0) is 13.0. The highest BCUT2D eigenvalue weighted by molar-refractivity contribution is 4.88. The maximum atomic E-state index is 9.16. The van der Waals surface area contributed by atoms with Crippen LogP contribution in [0.15, 0.2) is 4.52 Å². The monoisotopic (exact) mass is 255 g/mol. The molecule has 0 saturated carbocycles. The van der Waals surface area contributed by atoms with Crippen LogP contribution in [-0.2, 0) is 17.7 Å². The number of hydrogen-bond donors (Lipinski definition) is 1. The molecule has 0 amide bonds. The number of hydrogen-bond acceptors (Lipinski definition) is 6. The molecule has 0 bridgehead atoms. The summed E-state index contributed by atoms with van der Waals surface area (Å²) in [6.07, 6.45) is 1.86. The molecule has 2 rings (SSSR count). The summed E-state index contributed by atoms with van der Waals surface area (Å²) in [7, 11) is 0. The van der Waals surface area contributed by atoms with E-state index in [0.29, 0.717) is 19.0 Å². The lowest BCUT2D eigenvalue weighted by atomic mass is 10.2. The van der Waals surface area contributed by atoms with Crippen LogP contribution in [0.4, 0.5) is 0 Å². The number of aromatic nitrogens is 2. The van der Waals surface area contributed by atoms with Crippen LogP contribution >= 0.6 is 0 Å². The minimum absolute atomic E-state index is 0.0474. The molecule has 1 aliphatic rings. The van der Waals surface area contributed by atoms with E-state index < -0.39 is 0 Å². The van der Waals surface area contributed by atoms with E-state index in [9.17, 15) is 0 Å². The van der Waals surface area contributed by atoms with E-state index in [0.717, 1.165) is 25.2 Å². The van der Waals surface area contributed by atoms with Crippen molar-refractivity contribution in [1.82, 2.24) is 15.0 Å². The van der Waals surface area contributed by atoms with Crippen molar-refractivity contribution in [2.75, 3.05) is 19.7 Å². The molecule has 1 aromatic rings. The lowest BCUT2D eigenvalue weighted by molar-refractivity contribution is -0.0988. The van der Waals surface area contributed by atoms with Crippen LogP contribution in [0.25, 0.3) is 0 Å². The maximum absolute atomic E-state index is 9.16. The van der Waals surface area contributed by atoms with Gasteiger partial charge in [-0.15, -0.1) is 0 Å². The summed E-state index contributed by atoms with van der Waals surface area (Å²) < 4.78 is 10.8. The molecule has 0 aromatic carbocycles. The Morgan fingerprint density at radius 2 is 2.28 bits per heavy atom. The molecular weight excluding hydrogens is 234 g/mol. The summed E-state index contributed by atoms with van der Waals surface area (Å²) in [6, 6.07) is 0. The van der Waals surface area contributed by atoms with E-state index in [4.69, 9.17) is 14.4 Å². The Balaban J connectivity index is 1.91. The molecule has 6 heteroatoms. The fourth-order valence-corrected chi connectivity index (χ4v) is 2.24. The van der Waals surface area contributed by atoms with Gasteiger partial charge in [-0.25, -0.2) is 0 Å². The van der Waals surface area contributed by atoms with E-state index in [2.05, 4.69) is 22.0 Å². The lowest BCUT2D eigenvalue weighted by Crippen LogP contribution is -2.47. The summed E-state index contributed by atoms with van der Waals surface area (Å²) in [6.45, 7) is 6.29. The second-order valence-corrected chi connectivity index (χ2v) is 4.80. The minimum atomic E-state index is -0.119. The fourth-order valence-electron chi connectivity index (χ4n) is 2.24. The first-order valence-electron chi connectivity index (χ1n) is 6.51. The van der Waals surface area contributed by atoms with E-state index in [-0.39, 0.29) is 18.8 Å². The van der Waals surface area contributed by atoms with Crippen molar-refractivity contribution < 1.29 is 14.4 Å². The average molecular weight is 255 g/mol. The van der Waals surface area contributed by atoms with Gasteiger partial charge in [-0.05, 0) is 13.3 Å². The minimum Gasteiger partial charge on any atom is -0.394 e. The summed E-state index contributed by atoms with van der Waals surface area (Å²) in [5.74, 6) is 1.41. The number of nitrogens with zero attached hydrogens (tertiary/aromatic N) is 3. The molecule has 18 heavy (non-hydrogen) atoms. The highest BCUT2D eigenvalue weighted by Gasteiger charge is 2.25. The largest absolute Gasteiger partial charge is 0.394 e. The van der Waals surface area contributed by atoms with Crippen LogP contribution in [0, 0.1) is 0 Å². The van der Waals surface area contributed by atoms with Crippen LogP contribution in [0.1, 0.15) is 32.0 Å². The first-order chi connectivity index (χ1) is 8.71. The molecule has 1 saturated heterocycles. The average Bonchev–Trinajstić information content (AvgIpc) is 2.76. The number of ether oxygens (including phenoxy) is 1. The Morgan fingerprint density at radius 3 is 3.00 bits per heavy atom. The SMILES string of the molecule is CCCc1noc(CN2CC(C)OC(CO)C2)n1. The third-order valence-corrected chi connectivity index (χ3v) is 2.95. The smallest absolute Gasteiger partial charge is 0.240 e. The van der Waals surface area contributed by atoms with Crippen LogP contribution in [0.2, 0.25) is 0 Å². The van der Waals surface area contributed by atoms with Crippen LogP contribution in [0.5, 0.6) is 0 Å². The van der Waals surface area contributed by atoms with Crippen LogP contribution in [0.3, 0.4) is 0 Å². The Morgan fingerprint density at radius 1 is 1.44 bits per heavy atom. The van der Waals surface area contributed by atoms with Gasteiger partial charge in [-0.3, -0.25) is 4.90 Å². The van der Waals surface area contributed by atoms with Gasteiger partial charge in [0.2, 0.25) is 5.89 Å². The highest BCUT2D eigenvalue weighted by Crippen LogP contribution is 2.13. The molecule has 0 radical (unpaired) electrons. The molecule has 0 aliphatic carbocycles. The topological polar surface area (TPSA) is 71.6 Å². The number of aliphatic hydroxyl groups excluding tert-OH is 1. The van der Waals surface area contributed by atoms with Crippen molar-refractivity contribution in [1.29, 1.82) is 0 Å². The predicted octanol–water partition coefficient (Wildman–Crippen LogP) is 0.604. The standard InChI is InChI=1S/C12H21N3O3/c1-3-4-11-13-12(18-14-11)7-15-5-9(2)17-10(6-15)8-16/h9-10,16H,3-8H2,1-2H3. The van der Waals surface area contributed by atoms with Crippen molar-refractivity contribution in [3.63, 3.8) is 0 Å². The van der Waals surface area contributed by atoms with Gasteiger partial charge in [0.05, 0.1) is 25.4 Å². The molecule has 1 N–H and O–H groups in total. The second-order valence-electron chi connectivity index (χ2n) is 4.80. The first-order valence-corrected chi connectivity index (χ1v) is 6.51. The molecule has 1 aromatic heterocycles. The van der Waals surface area contributed by atoms with Gasteiger partial charge in [0.25, 0.3) is 0 Å². The molecule has 1 fully saturated rings. The molecule has 6 nitrogen and oxygen atoms in total. The number of rotatable bonds is 5. The van der Waals surface area contributed by atoms with Crippen LogP contribution < -0.4 is 0 Å². The Kier molecular flexibility index (Phi) is 4.68. The van der Waals surface area contributed by atoms with Crippen LogP contribution in [-0.4, -0.2) is 52.1 Å². The third-order valence-electron chi connectivity index (χ3n) is 2.95. The lowest BCUT2D eigenvalue weighted by Gasteiger charge is -2.35. The zero-order valence-electron chi connectivity index (χ0n) is 11.0. The van der Waals surface area contributed by atoms with Gasteiger partial charge in [-0.1, -0.05) is 12.1 Å². The Hall–Kier alpha value is -0.980. The summed E-state index contributed by atoms with van der Waals surface area (Å²) in [4.78, 5) is 6.53. The molecule has 0 spiro atoms. The Labute approximate surface area is 107 Å². The first kappa shape index (κ1) is 13.5. The van der Waals surface area contributed by atoms with Gasteiger partial charge in [-0.2, -0.15) is 4.98 Å². The van der Waals surface area contributed by atoms with Gasteiger partial charge >= 0.3 is 0 Å². The van der Waals surface area contributed by atoms with E-state index in [1.165, 1.54) is 0 Å². The Bertz CT molecular complexity index is 369. The summed E-state index contributed by atoms with van der Waals surface area (Å²) >= 11 is 0. The number of aryl methyl sites for hydroxylation is 1. The molecule has 2 unspecified atom stereocenters. The van der Waals surface area contributed by atoms with Crippen molar-refractivity contribution in [3.8, 4) is 0 Å². The quantitative estimate of drug-likeness (QED) is 0.831. The van der Waals surface area contributed by atoms with Crippen molar-refractivity contribution in [3.05, 3.63) is 11.7 Å². The zero-order valence-corrected chi connectivity index (χ0v) is 11.0. The summed E-state index contributed by atoms with van der Waals surface area (Å²) in [5.41, 5.74) is 0. The van der Waals surface area contributed by atoms with E-state index in [1.807, 2.05) is 6.92 Å². The third kappa shape index (κ3) is 3.51. The molecule has 2 atom stereocenters. The second kappa shape index (κ2) is 6.26. The van der Waals surface area contributed by atoms with Gasteiger partial charge in [0.15, 0.2) is 5.82 Å². The van der Waals surface area contributed by atoms with E-state index >= 15 is 0 Å². The molecule has 1 aliphatic heterocycles. The number of aliphatic hydroxyl groups is 1. The van der Waals surface area contributed by atoms with Crippen molar-refractivity contribution >= 4 is 0 Å². The molecular formula is C12H21N3O3. The van der Waals surface area contributed by atoms with E-state index in [1.54, 1.807) is 0 Å². The van der Waals surface area contributed by atoms with Gasteiger partial charge in [0, 0.05) is 19.5 Å². The summed E-state index contributed by atoms with van der Waals surface area (Å²) in [5, 5.41) is 13.1. The normalized spacial score (nSPS) is 25.5. The van der Waals surface area contributed by atoms with Gasteiger partial charge in [0.1, 0.15) is 0 Å². The maximum Gasteiger partial charge on any atom is 0.240 e.